The highest BCUT2D eigenvalue weighted by atomic mass is 16.5. The zero-order valence-electron chi connectivity index (χ0n) is 17.9. The van der Waals surface area contributed by atoms with Crippen LogP contribution in [0, 0.1) is 0 Å². The molecule has 1 aliphatic rings. The molecule has 2 aromatic rings. The summed E-state index contributed by atoms with van der Waals surface area (Å²) in [6.07, 6.45) is 0. The number of amides is 2. The van der Waals surface area contributed by atoms with Crippen LogP contribution in [-0.2, 0) is 20.9 Å². The van der Waals surface area contributed by atoms with Gasteiger partial charge in [0.1, 0.15) is 11.5 Å². The van der Waals surface area contributed by atoms with E-state index < -0.39 is 11.8 Å². The summed E-state index contributed by atoms with van der Waals surface area (Å²) < 4.78 is 16.0. The van der Waals surface area contributed by atoms with Crippen LogP contribution in [0.25, 0.3) is 0 Å². The molecule has 3 rings (SSSR count). The number of rotatable bonds is 8. The minimum absolute atomic E-state index is 0.0687. The van der Waals surface area contributed by atoms with Crippen molar-refractivity contribution < 1.29 is 23.8 Å². The number of benzene rings is 2. The fraction of sp³-hybridized carbons (Fsp3) is 0.391. The molecule has 1 atom stereocenters. The molecule has 2 amide bonds. The van der Waals surface area contributed by atoms with Crippen molar-refractivity contribution in [2.45, 2.75) is 12.6 Å². The predicted octanol–water partition coefficient (Wildman–Crippen LogP) is 1.51. The summed E-state index contributed by atoms with van der Waals surface area (Å²) in [6.45, 7) is 3.31. The second kappa shape index (κ2) is 11.3. The molecule has 0 unspecified atom stereocenters. The van der Waals surface area contributed by atoms with Crippen LogP contribution < -0.4 is 20.1 Å². The van der Waals surface area contributed by atoms with Gasteiger partial charge in [0.15, 0.2) is 0 Å². The van der Waals surface area contributed by atoms with Gasteiger partial charge in [0.05, 0.1) is 33.5 Å². The van der Waals surface area contributed by atoms with Crippen molar-refractivity contribution >= 4 is 11.8 Å². The summed E-state index contributed by atoms with van der Waals surface area (Å²) in [5, 5.41) is 5.43. The largest absolute Gasteiger partial charge is 0.497 e. The van der Waals surface area contributed by atoms with E-state index in [1.807, 2.05) is 48.5 Å². The van der Waals surface area contributed by atoms with Crippen LogP contribution in [0.2, 0.25) is 0 Å². The third-order valence-corrected chi connectivity index (χ3v) is 5.28. The minimum Gasteiger partial charge on any atom is -0.497 e. The summed E-state index contributed by atoms with van der Waals surface area (Å²) in [6, 6.07) is 15.0. The lowest BCUT2D eigenvalue weighted by Crippen LogP contribution is -2.46. The first-order chi connectivity index (χ1) is 15.1. The molecule has 31 heavy (non-hydrogen) atoms. The second-order valence-corrected chi connectivity index (χ2v) is 7.14. The molecule has 1 heterocycles. The highest BCUT2D eigenvalue weighted by Crippen LogP contribution is 2.23. The molecule has 1 aliphatic heterocycles. The van der Waals surface area contributed by atoms with Crippen LogP contribution in [0.3, 0.4) is 0 Å². The third kappa shape index (κ3) is 6.19. The smallest absolute Gasteiger partial charge is 0.309 e. The van der Waals surface area contributed by atoms with E-state index >= 15 is 0 Å². The fourth-order valence-electron chi connectivity index (χ4n) is 3.55. The second-order valence-electron chi connectivity index (χ2n) is 7.14. The van der Waals surface area contributed by atoms with Gasteiger partial charge in [0.2, 0.25) is 0 Å². The van der Waals surface area contributed by atoms with Crippen molar-refractivity contribution in [2.24, 2.45) is 0 Å². The summed E-state index contributed by atoms with van der Waals surface area (Å²) >= 11 is 0. The average molecular weight is 428 g/mol. The van der Waals surface area contributed by atoms with Gasteiger partial charge in [-0.3, -0.25) is 14.5 Å². The Morgan fingerprint density at radius 2 is 1.65 bits per heavy atom. The molecular weight excluding hydrogens is 398 g/mol. The summed E-state index contributed by atoms with van der Waals surface area (Å²) in [5.41, 5.74) is 1.84. The third-order valence-electron chi connectivity index (χ3n) is 5.28. The van der Waals surface area contributed by atoms with Crippen LogP contribution >= 0.6 is 0 Å². The van der Waals surface area contributed by atoms with Crippen molar-refractivity contribution in [2.75, 3.05) is 47.1 Å². The zero-order chi connectivity index (χ0) is 22.1. The number of morpholine rings is 1. The maximum atomic E-state index is 12.4. The van der Waals surface area contributed by atoms with Crippen LogP contribution in [0.1, 0.15) is 17.2 Å². The first-order valence-electron chi connectivity index (χ1n) is 10.3. The van der Waals surface area contributed by atoms with Crippen LogP contribution in [0.15, 0.2) is 48.5 Å². The van der Waals surface area contributed by atoms with Crippen molar-refractivity contribution in [3.63, 3.8) is 0 Å². The molecule has 166 valence electrons. The topological polar surface area (TPSA) is 89.1 Å². The van der Waals surface area contributed by atoms with Crippen molar-refractivity contribution in [1.29, 1.82) is 0 Å². The molecule has 2 aromatic carbocycles. The Balaban J connectivity index is 1.60. The average Bonchev–Trinajstić information content (AvgIpc) is 2.83. The van der Waals surface area contributed by atoms with Gasteiger partial charge in [0, 0.05) is 31.7 Å². The highest BCUT2D eigenvalue weighted by molar-refractivity contribution is 6.35. The molecule has 0 saturated carbocycles. The highest BCUT2D eigenvalue weighted by Gasteiger charge is 2.24. The van der Waals surface area contributed by atoms with E-state index in [1.165, 1.54) is 0 Å². The summed E-state index contributed by atoms with van der Waals surface area (Å²) in [5.74, 6) is 0.0855. The van der Waals surface area contributed by atoms with Gasteiger partial charge in [0.25, 0.3) is 0 Å². The van der Waals surface area contributed by atoms with E-state index in [-0.39, 0.29) is 12.6 Å². The standard InChI is InChI=1S/C23H29N3O5/c1-29-19-9-7-17(8-10-19)20(26-11-13-31-14-12-26)16-25-23(28)22(27)24-15-18-5-3-4-6-21(18)30-2/h3-10,20H,11-16H2,1-2H3,(H,24,27)(H,25,28)/t20-/m0/s1. The number of methoxy groups -OCH3 is 2. The van der Waals surface area contributed by atoms with Crippen LogP contribution in [0.4, 0.5) is 0 Å². The van der Waals surface area contributed by atoms with Crippen molar-refractivity contribution in [1.82, 2.24) is 15.5 Å². The van der Waals surface area contributed by atoms with Gasteiger partial charge >= 0.3 is 11.8 Å². The Hall–Kier alpha value is -3.10. The maximum absolute atomic E-state index is 12.4. The van der Waals surface area contributed by atoms with E-state index in [1.54, 1.807) is 14.2 Å². The molecule has 8 heteroatoms. The van der Waals surface area contributed by atoms with Crippen molar-refractivity contribution in [3.8, 4) is 11.5 Å². The fourth-order valence-corrected chi connectivity index (χ4v) is 3.55. The van der Waals surface area contributed by atoms with Gasteiger partial charge in [-0.2, -0.15) is 0 Å². The number of carbonyl (C=O) groups excluding carboxylic acids is 2. The molecular formula is C23H29N3O5. The van der Waals surface area contributed by atoms with Gasteiger partial charge in [-0.1, -0.05) is 30.3 Å². The molecule has 0 spiro atoms. The lowest BCUT2D eigenvalue weighted by Gasteiger charge is -2.34. The lowest BCUT2D eigenvalue weighted by atomic mass is 10.0. The van der Waals surface area contributed by atoms with Crippen molar-refractivity contribution in [3.05, 3.63) is 59.7 Å². The Bertz CT molecular complexity index is 866. The van der Waals surface area contributed by atoms with E-state index in [9.17, 15) is 9.59 Å². The summed E-state index contributed by atoms with van der Waals surface area (Å²) in [7, 11) is 3.19. The Morgan fingerprint density at radius 3 is 2.32 bits per heavy atom. The minimum atomic E-state index is -0.679. The predicted molar refractivity (Wildman–Crippen MR) is 116 cm³/mol. The van der Waals surface area contributed by atoms with Gasteiger partial charge in [-0.05, 0) is 23.8 Å². The van der Waals surface area contributed by atoms with Gasteiger partial charge in [-0.15, -0.1) is 0 Å². The molecule has 1 saturated heterocycles. The van der Waals surface area contributed by atoms with E-state index in [4.69, 9.17) is 14.2 Å². The Kier molecular flexibility index (Phi) is 8.26. The molecule has 1 fully saturated rings. The zero-order valence-corrected chi connectivity index (χ0v) is 17.9. The lowest BCUT2D eigenvalue weighted by molar-refractivity contribution is -0.139. The number of para-hydroxylation sites is 1. The first kappa shape index (κ1) is 22.6. The molecule has 0 bridgehead atoms. The van der Waals surface area contributed by atoms with Crippen LogP contribution in [0.5, 0.6) is 11.5 Å². The number of nitrogens with zero attached hydrogens (tertiary/aromatic N) is 1. The Labute approximate surface area is 182 Å². The van der Waals surface area contributed by atoms with E-state index in [0.717, 1.165) is 30.0 Å². The van der Waals surface area contributed by atoms with E-state index in [0.29, 0.717) is 25.5 Å². The number of nitrogens with one attached hydrogen (secondary N) is 2. The molecule has 0 aromatic heterocycles. The molecule has 8 nitrogen and oxygen atoms in total. The normalized spacial score (nSPS) is 15.0. The van der Waals surface area contributed by atoms with Gasteiger partial charge in [-0.25, -0.2) is 0 Å². The summed E-state index contributed by atoms with van der Waals surface area (Å²) in [4.78, 5) is 27.0. The maximum Gasteiger partial charge on any atom is 0.309 e. The number of hydrogen-bond donors (Lipinski definition) is 2. The first-order valence-corrected chi connectivity index (χ1v) is 10.3. The Morgan fingerprint density at radius 1 is 0.968 bits per heavy atom. The molecule has 2 N–H and O–H groups in total. The molecule has 0 radical (unpaired) electrons. The molecule has 0 aliphatic carbocycles. The number of ether oxygens (including phenoxy) is 3. The van der Waals surface area contributed by atoms with E-state index in [2.05, 4.69) is 15.5 Å². The SMILES string of the molecule is COc1ccc([C@H](CNC(=O)C(=O)NCc2ccccc2OC)N2CCOCC2)cc1. The van der Waals surface area contributed by atoms with Gasteiger partial charge < -0.3 is 24.8 Å². The number of carbonyl (C=O) groups is 2. The monoisotopic (exact) mass is 427 g/mol. The quantitative estimate of drug-likeness (QED) is 0.621. The number of hydrogen-bond acceptors (Lipinski definition) is 6. The van der Waals surface area contributed by atoms with Crippen LogP contribution in [-0.4, -0.2) is 63.8 Å².